The van der Waals surface area contributed by atoms with E-state index < -0.39 is 0 Å². The molecule has 0 saturated heterocycles. The number of hydrogen-bond donors (Lipinski definition) is 2. The predicted molar refractivity (Wildman–Crippen MR) is 66.7 cm³/mol. The number of anilines is 1. The molecule has 0 aliphatic heterocycles. The molecule has 1 aromatic heterocycles. The fourth-order valence-electron chi connectivity index (χ4n) is 1.34. The summed E-state index contributed by atoms with van der Waals surface area (Å²) in [7, 11) is 0. The van der Waals surface area contributed by atoms with Crippen molar-refractivity contribution in [2.45, 2.75) is 6.54 Å². The van der Waals surface area contributed by atoms with Gasteiger partial charge in [0.1, 0.15) is 12.3 Å². The summed E-state index contributed by atoms with van der Waals surface area (Å²) in [6, 6.07) is 6.57. The summed E-state index contributed by atoms with van der Waals surface area (Å²) in [5.41, 5.74) is 0.392. The van der Waals surface area contributed by atoms with Gasteiger partial charge >= 0.3 is 0 Å². The molecule has 5 nitrogen and oxygen atoms in total. The van der Waals surface area contributed by atoms with Crippen LogP contribution in [0.1, 0.15) is 0 Å². The minimum atomic E-state index is -0.248. The lowest BCUT2D eigenvalue weighted by Gasteiger charge is -2.06. The number of amides is 1. The lowest BCUT2D eigenvalue weighted by atomic mass is 10.3. The fourth-order valence-corrected chi connectivity index (χ4v) is 1.67. The highest BCUT2D eigenvalue weighted by Crippen LogP contribution is 2.21. The molecule has 0 aliphatic rings. The van der Waals surface area contributed by atoms with Gasteiger partial charge < -0.3 is 10.4 Å². The van der Waals surface area contributed by atoms with Gasteiger partial charge in [0.25, 0.3) is 0 Å². The van der Waals surface area contributed by atoms with Crippen LogP contribution >= 0.6 is 15.9 Å². The molecule has 17 heavy (non-hydrogen) atoms. The van der Waals surface area contributed by atoms with Crippen molar-refractivity contribution < 1.29 is 9.90 Å². The van der Waals surface area contributed by atoms with Gasteiger partial charge in [-0.1, -0.05) is 12.1 Å². The third-order valence-corrected chi connectivity index (χ3v) is 2.49. The van der Waals surface area contributed by atoms with Crippen LogP contribution in [0.25, 0.3) is 0 Å². The van der Waals surface area contributed by atoms with Crippen LogP contribution in [0.5, 0.6) is 5.75 Å². The van der Waals surface area contributed by atoms with Crippen molar-refractivity contribution in [2.24, 2.45) is 0 Å². The number of aromatic nitrogens is 2. The molecule has 88 valence electrons. The van der Waals surface area contributed by atoms with Gasteiger partial charge in [0.05, 0.1) is 16.4 Å². The van der Waals surface area contributed by atoms with E-state index in [1.165, 1.54) is 10.7 Å². The van der Waals surface area contributed by atoms with Crippen LogP contribution in [0, 0.1) is 0 Å². The second-order valence-electron chi connectivity index (χ2n) is 3.42. The predicted octanol–water partition coefficient (Wildman–Crippen LogP) is 1.99. The molecular formula is C11H10BrN3O2. The molecule has 0 atom stereocenters. The lowest BCUT2D eigenvalue weighted by Crippen LogP contribution is -2.18. The topological polar surface area (TPSA) is 67.2 Å². The highest BCUT2D eigenvalue weighted by atomic mass is 79.9. The highest BCUT2D eigenvalue weighted by Gasteiger charge is 2.07. The monoisotopic (exact) mass is 295 g/mol. The number of carbonyl (C=O) groups is 1. The van der Waals surface area contributed by atoms with Crippen molar-refractivity contribution in [3.05, 3.63) is 41.1 Å². The van der Waals surface area contributed by atoms with E-state index in [0.29, 0.717) is 5.69 Å². The van der Waals surface area contributed by atoms with Crippen LogP contribution in [0.3, 0.4) is 0 Å². The molecule has 2 rings (SSSR count). The number of nitrogens with one attached hydrogen (secondary N) is 1. The van der Waals surface area contributed by atoms with Crippen molar-refractivity contribution >= 4 is 27.5 Å². The molecule has 1 amide bonds. The smallest absolute Gasteiger partial charge is 0.246 e. The quantitative estimate of drug-likeness (QED) is 0.851. The Balaban J connectivity index is 2.01. The van der Waals surface area contributed by atoms with Gasteiger partial charge in [-0.05, 0) is 28.1 Å². The van der Waals surface area contributed by atoms with Crippen molar-refractivity contribution in [2.75, 3.05) is 5.32 Å². The first kappa shape index (κ1) is 11.7. The molecule has 0 spiro atoms. The summed E-state index contributed by atoms with van der Waals surface area (Å²) in [5, 5.41) is 16.1. The third-order valence-electron chi connectivity index (χ3n) is 2.09. The van der Waals surface area contributed by atoms with Crippen LogP contribution in [0.4, 0.5) is 5.69 Å². The maximum atomic E-state index is 11.6. The zero-order chi connectivity index (χ0) is 12.3. The normalized spacial score (nSPS) is 10.2. The van der Waals surface area contributed by atoms with Gasteiger partial charge in [-0.15, -0.1) is 0 Å². The Kier molecular flexibility index (Phi) is 3.43. The van der Waals surface area contributed by atoms with E-state index in [1.807, 2.05) is 0 Å². The van der Waals surface area contributed by atoms with E-state index in [1.54, 1.807) is 30.6 Å². The summed E-state index contributed by atoms with van der Waals surface area (Å²) in [4.78, 5) is 11.6. The Morgan fingerprint density at radius 2 is 2.24 bits per heavy atom. The Bertz CT molecular complexity index is 539. The van der Waals surface area contributed by atoms with Gasteiger partial charge in [0, 0.05) is 6.20 Å². The maximum absolute atomic E-state index is 11.6. The molecule has 0 unspecified atom stereocenters. The maximum Gasteiger partial charge on any atom is 0.246 e. The standard InChI is InChI=1S/C11H10BrN3O2/c12-8-5-13-15(6-8)7-11(17)14-9-3-1-2-4-10(9)16/h1-6,16H,7H2,(H,14,17). The first-order valence-electron chi connectivity index (χ1n) is 4.91. The van der Waals surface area contributed by atoms with E-state index in [4.69, 9.17) is 0 Å². The largest absolute Gasteiger partial charge is 0.506 e. The van der Waals surface area contributed by atoms with Crippen LogP contribution in [0.15, 0.2) is 41.1 Å². The number of halogens is 1. The highest BCUT2D eigenvalue weighted by molar-refractivity contribution is 9.10. The van der Waals surface area contributed by atoms with Gasteiger partial charge in [-0.25, -0.2) is 0 Å². The summed E-state index contributed by atoms with van der Waals surface area (Å²) in [6.07, 6.45) is 3.30. The van der Waals surface area contributed by atoms with E-state index in [2.05, 4.69) is 26.3 Å². The second-order valence-corrected chi connectivity index (χ2v) is 4.34. The summed E-state index contributed by atoms with van der Waals surface area (Å²) in [5.74, 6) is -0.204. The van der Waals surface area contributed by atoms with Gasteiger partial charge in [0.2, 0.25) is 5.91 Å². The average Bonchev–Trinajstić information content (AvgIpc) is 2.67. The molecular weight excluding hydrogens is 286 g/mol. The van der Waals surface area contributed by atoms with Crippen molar-refractivity contribution in [3.8, 4) is 5.75 Å². The Morgan fingerprint density at radius 3 is 2.88 bits per heavy atom. The van der Waals surface area contributed by atoms with Crippen molar-refractivity contribution in [3.63, 3.8) is 0 Å². The second kappa shape index (κ2) is 5.01. The Morgan fingerprint density at radius 1 is 1.47 bits per heavy atom. The minimum absolute atomic E-state index is 0.0440. The van der Waals surface area contributed by atoms with Gasteiger partial charge in [-0.3, -0.25) is 9.48 Å². The SMILES string of the molecule is O=C(Cn1cc(Br)cn1)Nc1ccccc1O. The molecule has 2 N–H and O–H groups in total. The molecule has 2 aromatic rings. The number of hydrogen-bond acceptors (Lipinski definition) is 3. The molecule has 1 aromatic carbocycles. The molecule has 0 aliphatic carbocycles. The van der Waals surface area contributed by atoms with E-state index in [-0.39, 0.29) is 18.2 Å². The number of benzene rings is 1. The fraction of sp³-hybridized carbons (Fsp3) is 0.0909. The molecule has 6 heteroatoms. The van der Waals surface area contributed by atoms with Crippen LogP contribution < -0.4 is 5.32 Å². The first-order valence-corrected chi connectivity index (χ1v) is 5.70. The minimum Gasteiger partial charge on any atom is -0.506 e. The van der Waals surface area contributed by atoms with E-state index in [0.717, 1.165) is 4.47 Å². The summed E-state index contributed by atoms with van der Waals surface area (Å²) in [6.45, 7) is 0.0972. The number of phenols is 1. The number of nitrogens with zero attached hydrogens (tertiary/aromatic N) is 2. The number of para-hydroxylation sites is 2. The Labute approximate surface area is 106 Å². The zero-order valence-electron chi connectivity index (χ0n) is 8.80. The zero-order valence-corrected chi connectivity index (χ0v) is 10.4. The molecule has 0 bridgehead atoms. The molecule has 0 saturated carbocycles. The molecule has 0 fully saturated rings. The van der Waals surface area contributed by atoms with Crippen molar-refractivity contribution in [1.82, 2.24) is 9.78 Å². The molecule has 1 heterocycles. The van der Waals surface area contributed by atoms with Gasteiger partial charge in [-0.2, -0.15) is 5.10 Å². The third kappa shape index (κ3) is 3.07. The summed E-state index contributed by atoms with van der Waals surface area (Å²) < 4.78 is 2.31. The molecule has 0 radical (unpaired) electrons. The number of carbonyl (C=O) groups excluding carboxylic acids is 1. The number of aromatic hydroxyl groups is 1. The van der Waals surface area contributed by atoms with Crippen LogP contribution in [0.2, 0.25) is 0 Å². The lowest BCUT2D eigenvalue weighted by molar-refractivity contribution is -0.116. The van der Waals surface area contributed by atoms with Crippen LogP contribution in [-0.4, -0.2) is 20.8 Å². The van der Waals surface area contributed by atoms with E-state index >= 15 is 0 Å². The van der Waals surface area contributed by atoms with E-state index in [9.17, 15) is 9.90 Å². The van der Waals surface area contributed by atoms with Crippen LogP contribution in [-0.2, 0) is 11.3 Å². The van der Waals surface area contributed by atoms with Crippen molar-refractivity contribution in [1.29, 1.82) is 0 Å². The average molecular weight is 296 g/mol. The number of rotatable bonds is 3. The Hall–Kier alpha value is -1.82. The first-order chi connectivity index (χ1) is 8.15. The number of phenolic OH excluding ortho intramolecular Hbond substituents is 1. The summed E-state index contributed by atoms with van der Waals surface area (Å²) >= 11 is 3.25. The van der Waals surface area contributed by atoms with Gasteiger partial charge in [0.15, 0.2) is 0 Å².